The van der Waals surface area contributed by atoms with Crippen LogP contribution >= 0.6 is 0 Å². The molecule has 1 fully saturated rings. The first-order chi connectivity index (χ1) is 12.3. The lowest BCUT2D eigenvalue weighted by Gasteiger charge is -2.40. The Hall–Kier alpha value is -2.53. The molecule has 0 N–H and O–H groups in total. The van der Waals surface area contributed by atoms with Gasteiger partial charge in [0.05, 0.1) is 6.61 Å². The minimum Gasteiger partial charge on any atom is -0.493 e. The number of benzene rings is 2. The molecule has 25 heavy (non-hydrogen) atoms. The zero-order chi connectivity index (χ0) is 17.1. The van der Waals surface area contributed by atoms with Crippen LogP contribution < -0.4 is 9.47 Å². The Morgan fingerprint density at radius 2 is 1.68 bits per heavy atom. The highest BCUT2D eigenvalue weighted by Gasteiger charge is 2.31. The number of hydrogen-bond acceptors (Lipinski definition) is 4. The van der Waals surface area contributed by atoms with Gasteiger partial charge in [-0.05, 0) is 18.2 Å². The summed E-state index contributed by atoms with van der Waals surface area (Å²) in [5.41, 5.74) is 1.26. The quantitative estimate of drug-likeness (QED) is 0.842. The normalized spacial score (nSPS) is 20.5. The maximum absolute atomic E-state index is 12.3. The van der Waals surface area contributed by atoms with Crippen LogP contribution in [-0.4, -0.2) is 48.7 Å². The standard InChI is InChI=1S/C20H22N2O3/c23-20(25-16-6-2-1-3-7-16)22-13-11-21(12-14-22)18-10-15-24-19-9-5-4-8-17(18)19/h1-9,18H,10-15H2. The molecule has 1 amide bonds. The van der Waals surface area contributed by atoms with Crippen LogP contribution in [0.4, 0.5) is 4.79 Å². The SMILES string of the molecule is O=C(Oc1ccccc1)N1CCN(C2CCOc3ccccc32)CC1. The van der Waals surface area contributed by atoms with Crippen molar-refractivity contribution >= 4 is 6.09 Å². The van der Waals surface area contributed by atoms with Gasteiger partial charge in [0.25, 0.3) is 0 Å². The molecule has 0 spiro atoms. The minimum atomic E-state index is -0.266. The summed E-state index contributed by atoms with van der Waals surface area (Å²) in [5, 5.41) is 0. The van der Waals surface area contributed by atoms with Crippen LogP contribution in [0.25, 0.3) is 0 Å². The summed E-state index contributed by atoms with van der Waals surface area (Å²) in [5.74, 6) is 1.58. The molecular weight excluding hydrogens is 316 g/mol. The fourth-order valence-corrected chi connectivity index (χ4v) is 3.57. The average Bonchev–Trinajstić information content (AvgIpc) is 2.68. The highest BCUT2D eigenvalue weighted by Crippen LogP contribution is 2.36. The van der Waals surface area contributed by atoms with Crippen molar-refractivity contribution in [1.29, 1.82) is 0 Å². The molecule has 2 aliphatic rings. The van der Waals surface area contributed by atoms with Gasteiger partial charge in [0.15, 0.2) is 0 Å². The number of nitrogens with zero attached hydrogens (tertiary/aromatic N) is 2. The first-order valence-electron chi connectivity index (χ1n) is 8.79. The second kappa shape index (κ2) is 7.15. The van der Waals surface area contributed by atoms with Gasteiger partial charge < -0.3 is 14.4 Å². The van der Waals surface area contributed by atoms with E-state index < -0.39 is 0 Å². The molecule has 130 valence electrons. The average molecular weight is 338 g/mol. The molecule has 0 aromatic heterocycles. The van der Waals surface area contributed by atoms with E-state index in [-0.39, 0.29) is 6.09 Å². The number of amides is 1. The zero-order valence-electron chi connectivity index (χ0n) is 14.1. The topological polar surface area (TPSA) is 42.0 Å². The molecule has 5 heteroatoms. The van der Waals surface area contributed by atoms with Crippen LogP contribution in [0.1, 0.15) is 18.0 Å². The fourth-order valence-electron chi connectivity index (χ4n) is 3.57. The molecule has 1 saturated heterocycles. The van der Waals surface area contributed by atoms with Crippen molar-refractivity contribution in [2.75, 3.05) is 32.8 Å². The van der Waals surface area contributed by atoms with Crippen molar-refractivity contribution in [3.63, 3.8) is 0 Å². The van der Waals surface area contributed by atoms with E-state index in [2.05, 4.69) is 17.0 Å². The van der Waals surface area contributed by atoms with Crippen LogP contribution in [0.15, 0.2) is 54.6 Å². The molecule has 0 bridgehead atoms. The van der Waals surface area contributed by atoms with Crippen molar-refractivity contribution < 1.29 is 14.3 Å². The van der Waals surface area contributed by atoms with Gasteiger partial charge in [0.2, 0.25) is 0 Å². The summed E-state index contributed by atoms with van der Waals surface area (Å²) >= 11 is 0. The van der Waals surface area contributed by atoms with Gasteiger partial charge in [0, 0.05) is 44.2 Å². The molecule has 2 aromatic carbocycles. The van der Waals surface area contributed by atoms with Crippen molar-refractivity contribution in [3.8, 4) is 11.5 Å². The Morgan fingerprint density at radius 1 is 0.960 bits per heavy atom. The van der Waals surface area contributed by atoms with Gasteiger partial charge in [-0.3, -0.25) is 4.90 Å². The summed E-state index contributed by atoms with van der Waals surface area (Å²) in [6.07, 6.45) is 0.726. The van der Waals surface area contributed by atoms with Crippen LogP contribution in [0.5, 0.6) is 11.5 Å². The number of rotatable bonds is 2. The van der Waals surface area contributed by atoms with Gasteiger partial charge in [0.1, 0.15) is 11.5 Å². The predicted octanol–water partition coefficient (Wildman–Crippen LogP) is 3.33. The van der Waals surface area contributed by atoms with Crippen molar-refractivity contribution in [2.24, 2.45) is 0 Å². The molecule has 2 aliphatic heterocycles. The van der Waals surface area contributed by atoms with Gasteiger partial charge in [-0.2, -0.15) is 0 Å². The number of para-hydroxylation sites is 2. The number of carbonyl (C=O) groups excluding carboxylic acids is 1. The first-order valence-corrected chi connectivity index (χ1v) is 8.79. The Morgan fingerprint density at radius 3 is 2.48 bits per heavy atom. The maximum atomic E-state index is 12.3. The smallest absolute Gasteiger partial charge is 0.415 e. The molecule has 5 nitrogen and oxygen atoms in total. The first kappa shape index (κ1) is 16.0. The Kier molecular flexibility index (Phi) is 4.57. The van der Waals surface area contributed by atoms with E-state index in [4.69, 9.17) is 9.47 Å². The van der Waals surface area contributed by atoms with Gasteiger partial charge in [-0.15, -0.1) is 0 Å². The number of hydrogen-bond donors (Lipinski definition) is 0. The van der Waals surface area contributed by atoms with Gasteiger partial charge >= 0.3 is 6.09 Å². The second-order valence-corrected chi connectivity index (χ2v) is 6.39. The van der Waals surface area contributed by atoms with Crippen LogP contribution in [-0.2, 0) is 0 Å². The molecule has 1 unspecified atom stereocenters. The molecule has 1 atom stereocenters. The number of piperazine rings is 1. The minimum absolute atomic E-state index is 0.266. The Balaban J connectivity index is 1.37. The maximum Gasteiger partial charge on any atom is 0.415 e. The molecular formula is C20H22N2O3. The monoisotopic (exact) mass is 338 g/mol. The molecule has 0 saturated carbocycles. The summed E-state index contributed by atoms with van der Waals surface area (Å²) < 4.78 is 11.2. The van der Waals surface area contributed by atoms with E-state index in [9.17, 15) is 4.79 Å². The van der Waals surface area contributed by atoms with Crippen molar-refractivity contribution in [3.05, 3.63) is 60.2 Å². The van der Waals surface area contributed by atoms with E-state index in [1.807, 2.05) is 30.3 Å². The largest absolute Gasteiger partial charge is 0.493 e. The second-order valence-electron chi connectivity index (χ2n) is 6.39. The lowest BCUT2D eigenvalue weighted by atomic mass is 9.98. The number of carbonyl (C=O) groups is 1. The highest BCUT2D eigenvalue weighted by atomic mass is 16.6. The molecule has 2 heterocycles. The lowest BCUT2D eigenvalue weighted by Crippen LogP contribution is -2.51. The third-order valence-corrected chi connectivity index (χ3v) is 4.89. The van der Waals surface area contributed by atoms with Crippen LogP contribution in [0.2, 0.25) is 0 Å². The summed E-state index contributed by atoms with van der Waals surface area (Å²) in [6, 6.07) is 17.9. The molecule has 0 aliphatic carbocycles. The Bertz CT molecular complexity index is 727. The van der Waals surface area contributed by atoms with Gasteiger partial charge in [-0.1, -0.05) is 36.4 Å². The van der Waals surface area contributed by atoms with Gasteiger partial charge in [-0.25, -0.2) is 4.79 Å². The van der Waals surface area contributed by atoms with E-state index in [0.717, 1.165) is 31.9 Å². The third-order valence-electron chi connectivity index (χ3n) is 4.89. The van der Waals surface area contributed by atoms with E-state index >= 15 is 0 Å². The van der Waals surface area contributed by atoms with E-state index in [1.165, 1.54) is 5.56 Å². The van der Waals surface area contributed by atoms with Crippen molar-refractivity contribution in [2.45, 2.75) is 12.5 Å². The molecule has 2 aromatic rings. The molecule has 0 radical (unpaired) electrons. The third kappa shape index (κ3) is 3.46. The van der Waals surface area contributed by atoms with Crippen molar-refractivity contribution in [1.82, 2.24) is 9.80 Å². The fraction of sp³-hybridized carbons (Fsp3) is 0.350. The van der Waals surface area contributed by atoms with E-state index in [1.54, 1.807) is 17.0 Å². The van der Waals surface area contributed by atoms with Crippen LogP contribution in [0, 0.1) is 0 Å². The highest BCUT2D eigenvalue weighted by molar-refractivity contribution is 5.70. The summed E-state index contributed by atoms with van der Waals surface area (Å²) in [6.45, 7) is 3.82. The predicted molar refractivity (Wildman–Crippen MR) is 94.9 cm³/mol. The van der Waals surface area contributed by atoms with E-state index in [0.29, 0.717) is 24.9 Å². The summed E-state index contributed by atoms with van der Waals surface area (Å²) in [4.78, 5) is 16.6. The number of ether oxygens (including phenoxy) is 2. The zero-order valence-corrected chi connectivity index (χ0v) is 14.1. The molecule has 4 rings (SSSR count). The van der Waals surface area contributed by atoms with Crippen LogP contribution in [0.3, 0.4) is 0 Å². The summed E-state index contributed by atoms with van der Waals surface area (Å²) in [7, 11) is 0. The lowest BCUT2D eigenvalue weighted by molar-refractivity contribution is 0.0726. The number of fused-ring (bicyclic) bond motifs is 1. The Labute approximate surface area is 147 Å².